The van der Waals surface area contributed by atoms with Crippen LogP contribution in [0.1, 0.15) is 27.1 Å². The quantitative estimate of drug-likeness (QED) is 0.624. The molecule has 0 bridgehead atoms. The van der Waals surface area contributed by atoms with Gasteiger partial charge in [-0.05, 0) is 34.1 Å². The SMILES string of the molecule is COC(=O)c1nc(Nc2ccc(Br)c(Cl)c2)sc1C(C)=O. The van der Waals surface area contributed by atoms with Gasteiger partial charge >= 0.3 is 5.97 Å². The third-order valence-electron chi connectivity index (χ3n) is 2.50. The van der Waals surface area contributed by atoms with Gasteiger partial charge < -0.3 is 10.1 Å². The van der Waals surface area contributed by atoms with Crippen molar-refractivity contribution in [3.8, 4) is 0 Å². The van der Waals surface area contributed by atoms with E-state index < -0.39 is 5.97 Å². The number of thiazole rings is 1. The first-order valence-corrected chi connectivity index (χ1v) is 7.73. The molecule has 2 aromatic rings. The maximum atomic E-state index is 11.6. The summed E-state index contributed by atoms with van der Waals surface area (Å²) < 4.78 is 5.40. The first kappa shape index (κ1) is 15.9. The Bertz CT molecular complexity index is 717. The number of carbonyl (C=O) groups excluding carboxylic acids is 2. The maximum absolute atomic E-state index is 11.6. The van der Waals surface area contributed by atoms with Crippen molar-refractivity contribution in [2.45, 2.75) is 6.92 Å². The monoisotopic (exact) mass is 388 g/mol. The topological polar surface area (TPSA) is 68.3 Å². The zero-order valence-corrected chi connectivity index (χ0v) is 14.2. The average Bonchev–Trinajstić information content (AvgIpc) is 2.86. The molecule has 0 atom stereocenters. The van der Waals surface area contributed by atoms with Gasteiger partial charge in [0.15, 0.2) is 16.6 Å². The van der Waals surface area contributed by atoms with E-state index in [-0.39, 0.29) is 16.4 Å². The van der Waals surface area contributed by atoms with Crippen molar-refractivity contribution >= 4 is 61.4 Å². The Kier molecular flexibility index (Phi) is 4.97. The van der Waals surface area contributed by atoms with Crippen LogP contribution in [0.25, 0.3) is 0 Å². The Hall–Kier alpha value is -1.44. The molecule has 110 valence electrons. The lowest BCUT2D eigenvalue weighted by atomic mass is 10.3. The van der Waals surface area contributed by atoms with Crippen LogP contribution < -0.4 is 5.32 Å². The van der Waals surface area contributed by atoms with Crippen LogP contribution in [0.4, 0.5) is 10.8 Å². The van der Waals surface area contributed by atoms with Crippen molar-refractivity contribution in [2.75, 3.05) is 12.4 Å². The summed E-state index contributed by atoms with van der Waals surface area (Å²) in [5.74, 6) is -0.881. The highest BCUT2D eigenvalue weighted by Crippen LogP contribution is 2.30. The summed E-state index contributed by atoms with van der Waals surface area (Å²) in [4.78, 5) is 27.5. The Morgan fingerprint density at radius 3 is 2.71 bits per heavy atom. The molecule has 0 spiro atoms. The van der Waals surface area contributed by atoms with Crippen LogP contribution in [0.5, 0.6) is 0 Å². The molecule has 8 heteroatoms. The van der Waals surface area contributed by atoms with Crippen LogP contribution in [0.2, 0.25) is 5.02 Å². The number of Topliss-reactive ketones (excluding diaryl/α,β-unsaturated/α-hetero) is 1. The molecule has 0 fully saturated rings. The van der Waals surface area contributed by atoms with Gasteiger partial charge in [-0.15, -0.1) is 0 Å². The van der Waals surface area contributed by atoms with Crippen molar-refractivity contribution in [1.82, 2.24) is 4.98 Å². The zero-order chi connectivity index (χ0) is 15.6. The Morgan fingerprint density at radius 2 is 2.14 bits per heavy atom. The summed E-state index contributed by atoms with van der Waals surface area (Å²) in [7, 11) is 1.24. The maximum Gasteiger partial charge on any atom is 0.358 e. The molecule has 0 saturated heterocycles. The lowest BCUT2D eigenvalue weighted by Crippen LogP contribution is -2.07. The number of rotatable bonds is 4. The third-order valence-corrected chi connectivity index (χ3v) is 4.80. The van der Waals surface area contributed by atoms with Crippen LogP contribution in [0.15, 0.2) is 22.7 Å². The number of carbonyl (C=O) groups is 2. The second kappa shape index (κ2) is 6.55. The Balaban J connectivity index is 2.34. The van der Waals surface area contributed by atoms with Crippen molar-refractivity contribution in [2.24, 2.45) is 0 Å². The predicted molar refractivity (Wildman–Crippen MR) is 85.9 cm³/mol. The number of nitrogens with one attached hydrogen (secondary N) is 1. The molecule has 1 N–H and O–H groups in total. The van der Waals surface area contributed by atoms with Gasteiger partial charge in [0.1, 0.15) is 4.88 Å². The molecule has 1 aromatic heterocycles. The molecule has 0 amide bonds. The van der Waals surface area contributed by atoms with E-state index in [0.717, 1.165) is 15.8 Å². The summed E-state index contributed by atoms with van der Waals surface area (Å²) in [6.07, 6.45) is 0. The molecule has 1 heterocycles. The number of aromatic nitrogens is 1. The molecule has 0 unspecified atom stereocenters. The van der Waals surface area contributed by atoms with Gasteiger partial charge in [0.05, 0.1) is 12.1 Å². The van der Waals surface area contributed by atoms with Gasteiger partial charge in [-0.3, -0.25) is 4.79 Å². The number of benzene rings is 1. The fraction of sp³-hybridized carbons (Fsp3) is 0.154. The Morgan fingerprint density at radius 1 is 1.43 bits per heavy atom. The number of hydrogen-bond donors (Lipinski definition) is 1. The van der Waals surface area contributed by atoms with Gasteiger partial charge in [-0.25, -0.2) is 9.78 Å². The lowest BCUT2D eigenvalue weighted by Gasteiger charge is -2.03. The third kappa shape index (κ3) is 3.61. The standard InChI is InChI=1S/C13H10BrClN2O3S/c1-6(18)11-10(12(19)20-2)17-13(21-11)16-7-3-4-8(14)9(15)5-7/h3-5H,1-2H3,(H,16,17). The minimum Gasteiger partial charge on any atom is -0.464 e. The van der Waals surface area contributed by atoms with E-state index in [1.807, 2.05) is 0 Å². The molecule has 21 heavy (non-hydrogen) atoms. The van der Waals surface area contributed by atoms with Gasteiger partial charge in [0.2, 0.25) is 0 Å². The predicted octanol–water partition coefficient (Wildman–Crippen LogP) is 4.29. The van der Waals surface area contributed by atoms with Crippen molar-refractivity contribution in [3.05, 3.63) is 38.3 Å². The number of hydrogen-bond acceptors (Lipinski definition) is 6. The van der Waals surface area contributed by atoms with Crippen molar-refractivity contribution in [3.63, 3.8) is 0 Å². The first-order valence-electron chi connectivity index (χ1n) is 5.74. The van der Waals surface area contributed by atoms with Gasteiger partial charge in [0, 0.05) is 17.1 Å². The first-order chi connectivity index (χ1) is 9.92. The molecule has 0 aliphatic rings. The number of ether oxygens (including phenoxy) is 1. The smallest absolute Gasteiger partial charge is 0.358 e. The molecule has 0 aliphatic carbocycles. The number of methoxy groups -OCH3 is 1. The second-order valence-corrected chi connectivity index (χ2v) is 6.26. The number of nitrogens with zero attached hydrogens (tertiary/aromatic N) is 1. The fourth-order valence-electron chi connectivity index (χ4n) is 1.54. The molecule has 5 nitrogen and oxygen atoms in total. The lowest BCUT2D eigenvalue weighted by molar-refractivity contribution is 0.0591. The van der Waals surface area contributed by atoms with Gasteiger partial charge in [-0.1, -0.05) is 22.9 Å². The van der Waals surface area contributed by atoms with E-state index in [1.165, 1.54) is 14.0 Å². The average molecular weight is 390 g/mol. The number of halogens is 2. The normalized spacial score (nSPS) is 10.3. The highest BCUT2D eigenvalue weighted by Gasteiger charge is 2.21. The van der Waals surface area contributed by atoms with Crippen LogP contribution in [-0.4, -0.2) is 23.8 Å². The molecular formula is C13H10BrClN2O3S. The molecular weight excluding hydrogens is 380 g/mol. The van der Waals surface area contributed by atoms with E-state index in [2.05, 4.69) is 31.0 Å². The summed E-state index contributed by atoms with van der Waals surface area (Å²) >= 11 is 10.4. The highest BCUT2D eigenvalue weighted by molar-refractivity contribution is 9.10. The summed E-state index contributed by atoms with van der Waals surface area (Å²) in [5.41, 5.74) is 0.712. The summed E-state index contributed by atoms with van der Waals surface area (Å²) in [6.45, 7) is 1.38. The molecule has 0 radical (unpaired) electrons. The summed E-state index contributed by atoms with van der Waals surface area (Å²) in [5, 5.41) is 3.96. The molecule has 0 aliphatic heterocycles. The van der Waals surface area contributed by atoms with E-state index in [4.69, 9.17) is 11.6 Å². The second-order valence-electron chi connectivity index (χ2n) is 4.00. The van der Waals surface area contributed by atoms with Gasteiger partial charge in [0.25, 0.3) is 0 Å². The Labute approximate surface area is 138 Å². The largest absolute Gasteiger partial charge is 0.464 e. The molecule has 0 saturated carbocycles. The van der Waals surface area contributed by atoms with Crippen LogP contribution >= 0.6 is 38.9 Å². The zero-order valence-electron chi connectivity index (χ0n) is 11.1. The highest BCUT2D eigenvalue weighted by atomic mass is 79.9. The minimum absolute atomic E-state index is 0.0145. The van der Waals surface area contributed by atoms with E-state index in [9.17, 15) is 9.59 Å². The van der Waals surface area contributed by atoms with Crippen LogP contribution in [0, 0.1) is 0 Å². The molecule has 1 aromatic carbocycles. The number of anilines is 2. The van der Waals surface area contributed by atoms with E-state index in [0.29, 0.717) is 15.8 Å². The van der Waals surface area contributed by atoms with Crippen molar-refractivity contribution in [1.29, 1.82) is 0 Å². The summed E-state index contributed by atoms with van der Waals surface area (Å²) in [6, 6.07) is 5.28. The number of ketones is 1. The number of esters is 1. The molecule has 2 rings (SSSR count). The van der Waals surface area contributed by atoms with Gasteiger partial charge in [-0.2, -0.15) is 0 Å². The van der Waals surface area contributed by atoms with Crippen molar-refractivity contribution < 1.29 is 14.3 Å². The van der Waals surface area contributed by atoms with Crippen LogP contribution in [0.3, 0.4) is 0 Å². The minimum atomic E-state index is -0.640. The fourth-order valence-corrected chi connectivity index (χ4v) is 2.84. The van der Waals surface area contributed by atoms with E-state index >= 15 is 0 Å². The van der Waals surface area contributed by atoms with E-state index in [1.54, 1.807) is 18.2 Å². The van der Waals surface area contributed by atoms with Crippen LogP contribution in [-0.2, 0) is 4.74 Å².